The maximum Gasteiger partial charge on any atom is 0.241 e. The molecule has 3 aromatic rings. The van der Waals surface area contributed by atoms with Crippen LogP contribution in [-0.4, -0.2) is 36.3 Å². The summed E-state index contributed by atoms with van der Waals surface area (Å²) in [5.74, 6) is 2.53. The third-order valence-corrected chi connectivity index (χ3v) is 4.15. The van der Waals surface area contributed by atoms with E-state index in [4.69, 9.17) is 25.6 Å². The minimum absolute atomic E-state index is 0.515. The molecule has 0 saturated heterocycles. The first-order valence-electron chi connectivity index (χ1n) is 8.07. The largest absolute Gasteiger partial charge is 0.493 e. The molecule has 0 spiro atoms. The highest BCUT2D eigenvalue weighted by molar-refractivity contribution is 6.30. The van der Waals surface area contributed by atoms with Gasteiger partial charge in [0.2, 0.25) is 11.7 Å². The molecule has 0 fully saturated rings. The van der Waals surface area contributed by atoms with Gasteiger partial charge in [-0.25, -0.2) is 0 Å². The zero-order valence-electron chi connectivity index (χ0n) is 14.9. The Morgan fingerprint density at radius 2 is 1.81 bits per heavy atom. The van der Waals surface area contributed by atoms with E-state index in [1.165, 1.54) is 0 Å². The Morgan fingerprint density at radius 3 is 2.50 bits per heavy atom. The molecule has 0 aliphatic rings. The maximum absolute atomic E-state index is 5.91. The van der Waals surface area contributed by atoms with E-state index >= 15 is 0 Å². The first kappa shape index (κ1) is 18.2. The maximum atomic E-state index is 5.91. The van der Waals surface area contributed by atoms with E-state index in [0.717, 1.165) is 16.9 Å². The van der Waals surface area contributed by atoms with Crippen molar-refractivity contribution in [2.75, 3.05) is 21.3 Å². The summed E-state index contributed by atoms with van der Waals surface area (Å²) in [5.41, 5.74) is 1.88. The van der Waals surface area contributed by atoms with E-state index in [-0.39, 0.29) is 0 Å². The summed E-state index contributed by atoms with van der Waals surface area (Å²) >= 11 is 5.91. The van der Waals surface area contributed by atoms with Crippen LogP contribution in [0.5, 0.6) is 11.5 Å². The van der Waals surface area contributed by atoms with Crippen LogP contribution in [0, 0.1) is 0 Å². The van der Waals surface area contributed by atoms with Crippen molar-refractivity contribution in [1.82, 2.24) is 15.0 Å². The summed E-state index contributed by atoms with van der Waals surface area (Å²) in [6.07, 6.45) is 0. The van der Waals surface area contributed by atoms with Crippen LogP contribution in [0.15, 0.2) is 47.0 Å². The molecule has 0 bridgehead atoms. The second-order valence-electron chi connectivity index (χ2n) is 5.84. The number of methoxy groups -OCH3 is 2. The van der Waals surface area contributed by atoms with Crippen LogP contribution >= 0.6 is 11.6 Å². The molecule has 0 aliphatic heterocycles. The third-order valence-electron chi connectivity index (χ3n) is 3.90. The van der Waals surface area contributed by atoms with E-state index < -0.39 is 0 Å². The highest BCUT2D eigenvalue weighted by Gasteiger charge is 2.14. The Morgan fingerprint density at radius 1 is 1.04 bits per heavy atom. The van der Waals surface area contributed by atoms with Crippen LogP contribution in [0.25, 0.3) is 11.4 Å². The van der Waals surface area contributed by atoms with Crippen molar-refractivity contribution in [3.63, 3.8) is 0 Å². The van der Waals surface area contributed by atoms with Gasteiger partial charge in [-0.3, -0.25) is 4.90 Å². The molecule has 2 aromatic carbocycles. The molecule has 136 valence electrons. The highest BCUT2D eigenvalue weighted by Crippen LogP contribution is 2.31. The summed E-state index contributed by atoms with van der Waals surface area (Å²) in [6.45, 7) is 1.17. The molecular formula is C19H20ClN3O3. The Balaban J connectivity index is 1.69. The van der Waals surface area contributed by atoms with Gasteiger partial charge >= 0.3 is 0 Å². The van der Waals surface area contributed by atoms with E-state index in [0.29, 0.717) is 35.6 Å². The van der Waals surface area contributed by atoms with Gasteiger partial charge in [0.15, 0.2) is 11.5 Å². The standard InChI is InChI=1S/C19H20ClN3O3/c1-23(11-14-5-4-6-16(24-2)18(14)25-3)12-17-21-19(22-26-17)13-7-9-15(20)10-8-13/h4-10H,11-12H2,1-3H3. The van der Waals surface area contributed by atoms with E-state index in [1.54, 1.807) is 26.4 Å². The third kappa shape index (κ3) is 4.15. The number of hydrogen-bond acceptors (Lipinski definition) is 6. The summed E-state index contributed by atoms with van der Waals surface area (Å²) in [5, 5.41) is 4.71. The zero-order valence-corrected chi connectivity index (χ0v) is 15.7. The van der Waals surface area contributed by atoms with Crippen molar-refractivity contribution in [2.24, 2.45) is 0 Å². The van der Waals surface area contributed by atoms with Gasteiger partial charge in [0.25, 0.3) is 0 Å². The molecule has 1 heterocycles. The van der Waals surface area contributed by atoms with E-state index in [1.807, 2.05) is 37.4 Å². The van der Waals surface area contributed by atoms with Gasteiger partial charge in [0.1, 0.15) is 0 Å². The Kier molecular flexibility index (Phi) is 5.75. The fraction of sp³-hybridized carbons (Fsp3) is 0.263. The molecule has 0 unspecified atom stereocenters. The quantitative estimate of drug-likeness (QED) is 0.623. The lowest BCUT2D eigenvalue weighted by molar-refractivity contribution is 0.256. The Labute approximate surface area is 157 Å². The molecule has 0 N–H and O–H groups in total. The first-order valence-corrected chi connectivity index (χ1v) is 8.45. The number of hydrogen-bond donors (Lipinski definition) is 0. The number of aromatic nitrogens is 2. The minimum atomic E-state index is 0.515. The lowest BCUT2D eigenvalue weighted by atomic mass is 10.1. The fourth-order valence-corrected chi connectivity index (χ4v) is 2.82. The molecule has 3 rings (SSSR count). The minimum Gasteiger partial charge on any atom is -0.493 e. The van der Waals surface area contributed by atoms with Crippen molar-refractivity contribution in [1.29, 1.82) is 0 Å². The van der Waals surface area contributed by atoms with E-state index in [2.05, 4.69) is 15.0 Å². The molecule has 0 amide bonds. The second-order valence-corrected chi connectivity index (χ2v) is 6.28. The van der Waals surface area contributed by atoms with Crippen LogP contribution in [0.4, 0.5) is 0 Å². The SMILES string of the molecule is COc1cccc(CN(C)Cc2nc(-c3ccc(Cl)cc3)no2)c1OC. The van der Waals surface area contributed by atoms with Crippen molar-refractivity contribution in [3.05, 3.63) is 58.9 Å². The van der Waals surface area contributed by atoms with Gasteiger partial charge < -0.3 is 14.0 Å². The number of benzene rings is 2. The molecule has 6 nitrogen and oxygen atoms in total. The van der Waals surface area contributed by atoms with Crippen molar-refractivity contribution in [3.8, 4) is 22.9 Å². The number of para-hydroxylation sites is 1. The highest BCUT2D eigenvalue weighted by atomic mass is 35.5. The number of halogens is 1. The molecule has 1 aromatic heterocycles. The fourth-order valence-electron chi connectivity index (χ4n) is 2.69. The van der Waals surface area contributed by atoms with Crippen LogP contribution in [0.1, 0.15) is 11.5 Å². The monoisotopic (exact) mass is 373 g/mol. The molecule has 0 saturated carbocycles. The summed E-state index contributed by atoms with van der Waals surface area (Å²) < 4.78 is 16.2. The molecule has 26 heavy (non-hydrogen) atoms. The van der Waals surface area contributed by atoms with Gasteiger partial charge in [-0.2, -0.15) is 4.98 Å². The van der Waals surface area contributed by atoms with Gasteiger partial charge in [0.05, 0.1) is 20.8 Å². The topological polar surface area (TPSA) is 60.6 Å². The second kappa shape index (κ2) is 8.21. The Hall–Kier alpha value is -2.57. The van der Waals surface area contributed by atoms with Gasteiger partial charge in [-0.1, -0.05) is 28.9 Å². The lowest BCUT2D eigenvalue weighted by Gasteiger charge is -2.18. The number of ether oxygens (including phenoxy) is 2. The first-order chi connectivity index (χ1) is 12.6. The zero-order chi connectivity index (χ0) is 18.5. The van der Waals surface area contributed by atoms with Gasteiger partial charge in [-0.05, 0) is 37.4 Å². The molecule has 0 radical (unpaired) electrons. The van der Waals surface area contributed by atoms with Gasteiger partial charge in [-0.15, -0.1) is 0 Å². The predicted molar refractivity (Wildman–Crippen MR) is 99.5 cm³/mol. The average Bonchev–Trinajstić information content (AvgIpc) is 3.10. The molecule has 0 aliphatic carbocycles. The predicted octanol–water partition coefficient (Wildman–Crippen LogP) is 4.04. The lowest BCUT2D eigenvalue weighted by Crippen LogP contribution is -2.18. The van der Waals surface area contributed by atoms with Crippen LogP contribution in [0.3, 0.4) is 0 Å². The summed E-state index contributed by atoms with van der Waals surface area (Å²) in [7, 11) is 5.24. The van der Waals surface area contributed by atoms with Crippen molar-refractivity contribution in [2.45, 2.75) is 13.1 Å². The Bertz CT molecular complexity index is 865. The van der Waals surface area contributed by atoms with Gasteiger partial charge in [0, 0.05) is 22.7 Å². The summed E-state index contributed by atoms with van der Waals surface area (Å²) in [4.78, 5) is 6.52. The van der Waals surface area contributed by atoms with Crippen LogP contribution in [-0.2, 0) is 13.1 Å². The van der Waals surface area contributed by atoms with Crippen LogP contribution in [0.2, 0.25) is 5.02 Å². The smallest absolute Gasteiger partial charge is 0.241 e. The summed E-state index contributed by atoms with van der Waals surface area (Å²) in [6, 6.07) is 13.1. The van der Waals surface area contributed by atoms with E-state index in [9.17, 15) is 0 Å². The molecule has 7 heteroatoms. The van der Waals surface area contributed by atoms with Crippen molar-refractivity contribution >= 4 is 11.6 Å². The number of nitrogens with zero attached hydrogens (tertiary/aromatic N) is 3. The molecular weight excluding hydrogens is 354 g/mol. The van der Waals surface area contributed by atoms with Crippen molar-refractivity contribution < 1.29 is 14.0 Å². The normalized spacial score (nSPS) is 11.0. The molecule has 0 atom stereocenters. The number of rotatable bonds is 7. The van der Waals surface area contributed by atoms with Crippen LogP contribution < -0.4 is 9.47 Å². The average molecular weight is 374 g/mol.